The van der Waals surface area contributed by atoms with E-state index in [1.807, 2.05) is 30.5 Å². The first-order valence-corrected chi connectivity index (χ1v) is 8.46. The van der Waals surface area contributed by atoms with E-state index in [4.69, 9.17) is 4.42 Å². The Morgan fingerprint density at radius 1 is 0.920 bits per heavy atom. The molecule has 0 bridgehead atoms. The molecule has 2 nitrogen and oxygen atoms in total. The highest BCUT2D eigenvalue weighted by Crippen LogP contribution is 2.38. The molecule has 0 unspecified atom stereocenters. The van der Waals surface area contributed by atoms with Crippen LogP contribution in [0.25, 0.3) is 33.6 Å². The van der Waals surface area contributed by atoms with E-state index in [0.717, 1.165) is 52.8 Å². The lowest BCUT2D eigenvalue weighted by Crippen LogP contribution is -1.91. The molecule has 0 saturated heterocycles. The Morgan fingerprint density at radius 3 is 2.80 bits per heavy atom. The number of pyridine rings is 1. The van der Waals surface area contributed by atoms with E-state index in [1.54, 1.807) is 12.1 Å². The van der Waals surface area contributed by atoms with Crippen LogP contribution in [0.4, 0.5) is 4.39 Å². The summed E-state index contributed by atoms with van der Waals surface area (Å²) in [6.07, 6.45) is 7.92. The van der Waals surface area contributed by atoms with E-state index in [9.17, 15) is 4.39 Å². The molecular formula is C22H15FNO. The molecule has 0 fully saturated rings. The molecule has 1 radical (unpaired) electrons. The average molecular weight is 328 g/mol. The predicted octanol–water partition coefficient (Wildman–Crippen LogP) is 5.54. The number of aromatic nitrogens is 1. The van der Waals surface area contributed by atoms with Gasteiger partial charge < -0.3 is 4.42 Å². The summed E-state index contributed by atoms with van der Waals surface area (Å²) in [5.74, 6) is 0.501. The van der Waals surface area contributed by atoms with Gasteiger partial charge in [-0.2, -0.15) is 0 Å². The summed E-state index contributed by atoms with van der Waals surface area (Å²) < 4.78 is 19.4. The van der Waals surface area contributed by atoms with Crippen LogP contribution in [0.3, 0.4) is 0 Å². The van der Waals surface area contributed by atoms with Crippen molar-refractivity contribution in [3.63, 3.8) is 0 Å². The standard InChI is InChI=1S/C22H15FNO/c23-18-6-7-19(17-9-14-3-1-5-21(14)24-13-17)20(12-18)16-10-15-4-2-8-25-22(15)11-16/h2,4,6-7,9-13H,1,3,5H2. The van der Waals surface area contributed by atoms with E-state index in [-0.39, 0.29) is 5.82 Å². The molecule has 0 amide bonds. The van der Waals surface area contributed by atoms with Crippen molar-refractivity contribution in [2.45, 2.75) is 19.3 Å². The fourth-order valence-electron chi connectivity index (χ4n) is 3.68. The van der Waals surface area contributed by atoms with E-state index in [1.165, 1.54) is 17.3 Å². The maximum atomic E-state index is 14.0. The lowest BCUT2D eigenvalue weighted by Gasteiger charge is -2.10. The Hall–Kier alpha value is -2.94. The number of benzene rings is 1. The molecule has 5 rings (SSSR count). The fourth-order valence-corrected chi connectivity index (χ4v) is 3.68. The molecule has 0 saturated carbocycles. The first kappa shape index (κ1) is 14.4. The summed E-state index contributed by atoms with van der Waals surface area (Å²) in [4.78, 5) is 4.62. The molecule has 121 valence electrons. The fraction of sp³-hybridized carbons (Fsp3) is 0.136. The van der Waals surface area contributed by atoms with Crippen LogP contribution in [0.5, 0.6) is 0 Å². The van der Waals surface area contributed by atoms with Gasteiger partial charge in [0.2, 0.25) is 0 Å². The smallest absolute Gasteiger partial charge is 0.169 e. The van der Waals surface area contributed by atoms with Crippen molar-refractivity contribution < 1.29 is 8.81 Å². The highest BCUT2D eigenvalue weighted by Gasteiger charge is 2.17. The minimum Gasteiger partial charge on any atom is -0.453 e. The third kappa shape index (κ3) is 2.43. The second kappa shape index (κ2) is 5.55. The van der Waals surface area contributed by atoms with Crippen LogP contribution in [0.1, 0.15) is 17.7 Å². The predicted molar refractivity (Wildman–Crippen MR) is 94.8 cm³/mol. The summed E-state index contributed by atoms with van der Waals surface area (Å²) in [5, 5.41) is 0. The number of halogens is 1. The first-order valence-electron chi connectivity index (χ1n) is 8.46. The van der Waals surface area contributed by atoms with Crippen LogP contribution < -0.4 is 0 Å². The van der Waals surface area contributed by atoms with E-state index >= 15 is 0 Å². The zero-order chi connectivity index (χ0) is 16.8. The molecule has 3 aliphatic rings. The van der Waals surface area contributed by atoms with Crippen molar-refractivity contribution >= 4 is 0 Å². The third-order valence-corrected chi connectivity index (χ3v) is 4.91. The molecule has 3 heteroatoms. The van der Waals surface area contributed by atoms with Crippen LogP contribution in [0.2, 0.25) is 0 Å². The first-order chi connectivity index (χ1) is 12.3. The lowest BCUT2D eigenvalue weighted by molar-refractivity contribution is 0.557. The van der Waals surface area contributed by atoms with Gasteiger partial charge in [-0.05, 0) is 84.0 Å². The van der Waals surface area contributed by atoms with Crippen molar-refractivity contribution in [2.24, 2.45) is 0 Å². The Balaban J connectivity index is 1.70. The number of hydrogen-bond donors (Lipinski definition) is 0. The second-order valence-corrected chi connectivity index (χ2v) is 6.49. The van der Waals surface area contributed by atoms with E-state index in [0.29, 0.717) is 0 Å². The highest BCUT2D eigenvalue weighted by atomic mass is 19.1. The number of hydrogen-bond acceptors (Lipinski definition) is 2. The van der Waals surface area contributed by atoms with E-state index in [2.05, 4.69) is 17.3 Å². The van der Waals surface area contributed by atoms with Crippen LogP contribution in [-0.4, -0.2) is 4.98 Å². The molecule has 0 spiro atoms. The molecular weight excluding hydrogens is 313 g/mol. The number of rotatable bonds is 2. The third-order valence-electron chi connectivity index (χ3n) is 4.91. The highest BCUT2D eigenvalue weighted by molar-refractivity contribution is 5.87. The van der Waals surface area contributed by atoms with Crippen molar-refractivity contribution in [2.75, 3.05) is 0 Å². The molecule has 0 atom stereocenters. The second-order valence-electron chi connectivity index (χ2n) is 6.49. The molecule has 25 heavy (non-hydrogen) atoms. The summed E-state index contributed by atoms with van der Waals surface area (Å²) in [7, 11) is 0. The van der Waals surface area contributed by atoms with Gasteiger partial charge in [0.15, 0.2) is 6.26 Å². The zero-order valence-electron chi connectivity index (χ0n) is 13.6. The Labute approximate surface area is 145 Å². The molecule has 1 aliphatic heterocycles. The largest absolute Gasteiger partial charge is 0.453 e. The number of aryl methyl sites for hydroxylation is 2. The lowest BCUT2D eigenvalue weighted by atomic mass is 9.95. The van der Waals surface area contributed by atoms with Crippen molar-refractivity contribution in [1.82, 2.24) is 4.98 Å². The minimum atomic E-state index is -0.248. The van der Waals surface area contributed by atoms with Gasteiger partial charge >= 0.3 is 0 Å². The Morgan fingerprint density at radius 2 is 1.88 bits per heavy atom. The van der Waals surface area contributed by atoms with Crippen LogP contribution in [0, 0.1) is 12.1 Å². The number of fused-ring (bicyclic) bond motifs is 2. The molecule has 1 aromatic heterocycles. The van der Waals surface area contributed by atoms with Gasteiger partial charge in [-0.1, -0.05) is 6.07 Å². The Bertz CT molecular complexity index is 1020. The minimum absolute atomic E-state index is 0.248. The van der Waals surface area contributed by atoms with Crippen molar-refractivity contribution in [3.05, 3.63) is 78.1 Å². The summed E-state index contributed by atoms with van der Waals surface area (Å²) >= 11 is 0. The number of nitrogens with zero attached hydrogens (tertiary/aromatic N) is 1. The van der Waals surface area contributed by atoms with Gasteiger partial charge in [0.25, 0.3) is 0 Å². The topological polar surface area (TPSA) is 26.0 Å². The SMILES string of the molecule is Fc1ccc(-c2cnc3c(c2)CCC3)c(-c2cc3cc[c]oc-3c2)c1. The Kier molecular flexibility index (Phi) is 3.20. The van der Waals surface area contributed by atoms with Crippen LogP contribution >= 0.6 is 0 Å². The van der Waals surface area contributed by atoms with Gasteiger partial charge in [0.05, 0.1) is 0 Å². The molecule has 2 heterocycles. The van der Waals surface area contributed by atoms with Gasteiger partial charge in [-0.15, -0.1) is 0 Å². The maximum Gasteiger partial charge on any atom is 0.169 e. The maximum absolute atomic E-state index is 14.0. The van der Waals surface area contributed by atoms with Crippen molar-refractivity contribution in [3.8, 4) is 33.6 Å². The molecule has 1 aromatic carbocycles. The summed E-state index contributed by atoms with van der Waals surface area (Å²) in [5.41, 5.74) is 7.30. The zero-order valence-corrected chi connectivity index (χ0v) is 13.6. The molecule has 2 aromatic rings. The summed E-state index contributed by atoms with van der Waals surface area (Å²) in [6, 6.07) is 14.8. The quantitative estimate of drug-likeness (QED) is 0.483. The monoisotopic (exact) mass is 328 g/mol. The van der Waals surface area contributed by atoms with Crippen molar-refractivity contribution in [1.29, 1.82) is 0 Å². The normalized spacial score (nSPS) is 13.3. The van der Waals surface area contributed by atoms with Crippen LogP contribution in [-0.2, 0) is 12.8 Å². The van der Waals surface area contributed by atoms with Crippen LogP contribution in [0.15, 0.2) is 59.1 Å². The van der Waals surface area contributed by atoms with E-state index < -0.39 is 0 Å². The molecule has 0 N–H and O–H groups in total. The van der Waals surface area contributed by atoms with Gasteiger partial charge in [-0.3, -0.25) is 4.98 Å². The van der Waals surface area contributed by atoms with Gasteiger partial charge in [0, 0.05) is 23.0 Å². The average Bonchev–Trinajstić information content (AvgIpc) is 3.27. The molecule has 2 aliphatic carbocycles. The summed E-state index contributed by atoms with van der Waals surface area (Å²) in [6.45, 7) is 0. The van der Waals surface area contributed by atoms with Gasteiger partial charge in [0.1, 0.15) is 11.6 Å². The van der Waals surface area contributed by atoms with Gasteiger partial charge in [-0.25, -0.2) is 4.39 Å².